The van der Waals surface area contributed by atoms with Crippen molar-refractivity contribution in [1.82, 2.24) is 9.97 Å². The molecule has 0 bridgehead atoms. The molecule has 6 heteroatoms. The van der Waals surface area contributed by atoms with Crippen molar-refractivity contribution in [1.29, 1.82) is 0 Å². The molecule has 2 heterocycles. The van der Waals surface area contributed by atoms with Crippen molar-refractivity contribution in [2.45, 2.75) is 0 Å². The Morgan fingerprint density at radius 3 is 2.71 bits per heavy atom. The summed E-state index contributed by atoms with van der Waals surface area (Å²) < 4.78 is 0. The van der Waals surface area contributed by atoms with Gasteiger partial charge in [-0.3, -0.25) is 4.98 Å². The molecule has 0 spiro atoms. The molecule has 0 amide bonds. The fourth-order valence-corrected chi connectivity index (χ4v) is 2.07. The molecular formula is C11H10Cl3N3. The molecule has 0 saturated heterocycles. The van der Waals surface area contributed by atoms with Gasteiger partial charge in [-0.1, -0.05) is 11.6 Å². The van der Waals surface area contributed by atoms with Crippen LogP contribution < -0.4 is 5.73 Å². The Morgan fingerprint density at radius 2 is 1.94 bits per heavy atom. The highest BCUT2D eigenvalue weighted by molar-refractivity contribution is 6.32. The van der Waals surface area contributed by atoms with Gasteiger partial charge >= 0.3 is 0 Å². The van der Waals surface area contributed by atoms with E-state index in [4.69, 9.17) is 17.3 Å². The van der Waals surface area contributed by atoms with E-state index in [2.05, 4.69) is 9.97 Å². The Bertz CT molecular complexity index is 663. The molecular weight excluding hydrogens is 281 g/mol. The minimum Gasteiger partial charge on any atom is -0.397 e. The van der Waals surface area contributed by atoms with E-state index in [9.17, 15) is 0 Å². The standard InChI is InChI=1S/C11H8ClN3.2ClH/c12-6-3-8-7-1-2-14-5-10(7)15-11(8)9(13)4-6;;/h1-5,15H,13H2;2*1H. The Labute approximate surface area is 115 Å². The summed E-state index contributed by atoms with van der Waals surface area (Å²) in [6.07, 6.45) is 3.54. The third-order valence-corrected chi connectivity index (χ3v) is 2.72. The van der Waals surface area contributed by atoms with Gasteiger partial charge in [0.25, 0.3) is 0 Å². The number of nitrogen functional groups attached to an aromatic ring is 1. The highest BCUT2D eigenvalue weighted by Crippen LogP contribution is 2.31. The molecule has 0 aliphatic carbocycles. The van der Waals surface area contributed by atoms with Gasteiger partial charge in [0.2, 0.25) is 0 Å². The number of hydrogen-bond acceptors (Lipinski definition) is 2. The summed E-state index contributed by atoms with van der Waals surface area (Å²) in [5.41, 5.74) is 8.44. The van der Waals surface area contributed by atoms with Crippen LogP contribution in [0.1, 0.15) is 0 Å². The molecule has 0 atom stereocenters. The number of fused-ring (bicyclic) bond motifs is 3. The minimum atomic E-state index is 0. The number of nitrogens with one attached hydrogen (secondary N) is 1. The van der Waals surface area contributed by atoms with E-state index < -0.39 is 0 Å². The number of nitrogens with two attached hydrogens (primary N) is 1. The smallest absolute Gasteiger partial charge is 0.0699 e. The molecule has 1 aromatic carbocycles. The van der Waals surface area contributed by atoms with Gasteiger partial charge in [-0.25, -0.2) is 0 Å². The van der Waals surface area contributed by atoms with Crippen LogP contribution in [0.4, 0.5) is 5.69 Å². The summed E-state index contributed by atoms with van der Waals surface area (Å²) in [4.78, 5) is 7.28. The van der Waals surface area contributed by atoms with Gasteiger partial charge in [0, 0.05) is 22.0 Å². The number of nitrogens with zero attached hydrogens (tertiary/aromatic N) is 1. The largest absolute Gasteiger partial charge is 0.397 e. The first-order chi connectivity index (χ1) is 7.25. The number of aromatic amines is 1. The average molecular weight is 291 g/mol. The number of H-pyrrole nitrogens is 1. The van der Waals surface area contributed by atoms with Crippen LogP contribution in [0.3, 0.4) is 0 Å². The summed E-state index contributed by atoms with van der Waals surface area (Å²) in [5.74, 6) is 0. The molecule has 3 rings (SSSR count). The van der Waals surface area contributed by atoms with Gasteiger partial charge in [-0.05, 0) is 18.2 Å². The molecule has 90 valence electrons. The van der Waals surface area contributed by atoms with Gasteiger partial charge in [0.1, 0.15) is 0 Å². The van der Waals surface area contributed by atoms with Crippen molar-refractivity contribution in [3.05, 3.63) is 35.6 Å². The lowest BCUT2D eigenvalue weighted by molar-refractivity contribution is 1.35. The molecule has 3 nitrogen and oxygen atoms in total. The number of pyridine rings is 1. The lowest BCUT2D eigenvalue weighted by atomic mass is 10.2. The topological polar surface area (TPSA) is 54.7 Å². The molecule has 0 unspecified atom stereocenters. The van der Waals surface area contributed by atoms with E-state index >= 15 is 0 Å². The molecule has 3 aromatic rings. The first kappa shape index (κ1) is 13.9. The maximum atomic E-state index is 5.97. The van der Waals surface area contributed by atoms with Gasteiger partial charge in [-0.15, -0.1) is 24.8 Å². The van der Waals surface area contributed by atoms with E-state index in [-0.39, 0.29) is 24.8 Å². The van der Waals surface area contributed by atoms with Crippen LogP contribution in [0.15, 0.2) is 30.6 Å². The molecule has 0 saturated carbocycles. The Balaban J connectivity index is 0.000000722. The van der Waals surface area contributed by atoms with Gasteiger partial charge < -0.3 is 10.7 Å². The van der Waals surface area contributed by atoms with Crippen molar-refractivity contribution in [3.63, 3.8) is 0 Å². The molecule has 0 aliphatic rings. The van der Waals surface area contributed by atoms with Crippen LogP contribution in [-0.2, 0) is 0 Å². The molecule has 0 radical (unpaired) electrons. The van der Waals surface area contributed by atoms with E-state index in [1.54, 1.807) is 18.5 Å². The second kappa shape index (κ2) is 5.00. The summed E-state index contributed by atoms with van der Waals surface area (Å²) in [7, 11) is 0. The molecule has 0 aliphatic heterocycles. The monoisotopic (exact) mass is 289 g/mol. The number of benzene rings is 1. The first-order valence-corrected chi connectivity index (χ1v) is 4.94. The number of hydrogen-bond donors (Lipinski definition) is 2. The quantitative estimate of drug-likeness (QED) is 0.619. The van der Waals surface area contributed by atoms with E-state index in [0.29, 0.717) is 10.7 Å². The number of halogens is 3. The summed E-state index contributed by atoms with van der Waals surface area (Å²) >= 11 is 5.97. The van der Waals surface area contributed by atoms with E-state index in [0.717, 1.165) is 21.8 Å². The van der Waals surface area contributed by atoms with Crippen molar-refractivity contribution in [2.24, 2.45) is 0 Å². The third kappa shape index (κ3) is 2.14. The number of aromatic nitrogens is 2. The Morgan fingerprint density at radius 1 is 1.18 bits per heavy atom. The van der Waals surface area contributed by atoms with Crippen LogP contribution in [0.2, 0.25) is 5.02 Å². The summed E-state index contributed by atoms with van der Waals surface area (Å²) in [5, 5.41) is 2.78. The highest BCUT2D eigenvalue weighted by atomic mass is 35.5. The number of anilines is 1. The highest BCUT2D eigenvalue weighted by Gasteiger charge is 2.07. The predicted octanol–water partition coefficient (Wildman–Crippen LogP) is 3.80. The lowest BCUT2D eigenvalue weighted by Crippen LogP contribution is -1.85. The van der Waals surface area contributed by atoms with E-state index in [1.807, 2.05) is 12.1 Å². The van der Waals surface area contributed by atoms with Crippen molar-refractivity contribution in [3.8, 4) is 0 Å². The van der Waals surface area contributed by atoms with Crippen LogP contribution in [0.25, 0.3) is 21.8 Å². The summed E-state index contributed by atoms with van der Waals surface area (Å²) in [6.45, 7) is 0. The first-order valence-electron chi connectivity index (χ1n) is 4.56. The molecule has 2 aromatic heterocycles. The van der Waals surface area contributed by atoms with Crippen molar-refractivity contribution < 1.29 is 0 Å². The maximum absolute atomic E-state index is 5.97. The fraction of sp³-hybridized carbons (Fsp3) is 0. The second-order valence-electron chi connectivity index (χ2n) is 3.46. The third-order valence-electron chi connectivity index (χ3n) is 2.50. The average Bonchev–Trinajstić information content (AvgIpc) is 2.57. The zero-order valence-corrected chi connectivity index (χ0v) is 11.0. The Hall–Kier alpha value is -1.16. The SMILES string of the molecule is Cl.Cl.Nc1cc(Cl)cc2c1[nH]c1cnccc12. The fourth-order valence-electron chi connectivity index (χ4n) is 1.84. The number of rotatable bonds is 0. The minimum absolute atomic E-state index is 0. The molecule has 17 heavy (non-hydrogen) atoms. The Kier molecular flexibility index (Phi) is 4.09. The summed E-state index contributed by atoms with van der Waals surface area (Å²) in [6, 6.07) is 5.60. The van der Waals surface area contributed by atoms with Gasteiger partial charge in [0.15, 0.2) is 0 Å². The predicted molar refractivity (Wildman–Crippen MR) is 77.5 cm³/mol. The van der Waals surface area contributed by atoms with E-state index in [1.165, 1.54) is 0 Å². The van der Waals surface area contributed by atoms with Crippen LogP contribution in [-0.4, -0.2) is 9.97 Å². The maximum Gasteiger partial charge on any atom is 0.0699 e. The molecule has 0 fully saturated rings. The van der Waals surface area contributed by atoms with Crippen LogP contribution >= 0.6 is 36.4 Å². The van der Waals surface area contributed by atoms with Gasteiger partial charge in [0.05, 0.1) is 22.9 Å². The normalized spacial score (nSPS) is 9.94. The second-order valence-corrected chi connectivity index (χ2v) is 3.90. The van der Waals surface area contributed by atoms with Crippen LogP contribution in [0, 0.1) is 0 Å². The van der Waals surface area contributed by atoms with Crippen LogP contribution in [0.5, 0.6) is 0 Å². The lowest BCUT2D eigenvalue weighted by Gasteiger charge is -1.97. The molecule has 3 N–H and O–H groups in total. The zero-order valence-electron chi connectivity index (χ0n) is 8.61. The van der Waals surface area contributed by atoms with Crippen molar-refractivity contribution >= 4 is 63.9 Å². The zero-order chi connectivity index (χ0) is 10.4. The van der Waals surface area contributed by atoms with Gasteiger partial charge in [-0.2, -0.15) is 0 Å². The van der Waals surface area contributed by atoms with Crippen molar-refractivity contribution in [2.75, 3.05) is 5.73 Å².